The molecule has 0 unspecified atom stereocenters. The molecular weight excluding hydrogens is 300 g/mol. The second-order valence-corrected chi connectivity index (χ2v) is 5.63. The van der Waals surface area contributed by atoms with Gasteiger partial charge in [-0.15, -0.1) is 0 Å². The molecule has 6 nitrogen and oxygen atoms in total. The van der Waals surface area contributed by atoms with E-state index in [1.807, 2.05) is 13.8 Å². The average Bonchev–Trinajstić information content (AvgIpc) is 2.98. The Morgan fingerprint density at radius 2 is 1.26 bits per heavy atom. The maximum absolute atomic E-state index is 11.3. The second-order valence-electron chi connectivity index (χ2n) is 5.63. The summed E-state index contributed by atoms with van der Waals surface area (Å²) in [6.45, 7) is 5.68. The summed E-state index contributed by atoms with van der Waals surface area (Å²) >= 11 is 0. The normalized spacial score (nSPS) is 16.3. The Hall–Kier alpha value is -1.14. The zero-order chi connectivity index (χ0) is 17.0. The van der Waals surface area contributed by atoms with Crippen LogP contribution < -0.4 is 0 Å². The van der Waals surface area contributed by atoms with E-state index in [-0.39, 0.29) is 11.9 Å². The third kappa shape index (κ3) is 8.32. The molecule has 0 saturated carbocycles. The van der Waals surface area contributed by atoms with Crippen molar-refractivity contribution in [1.29, 1.82) is 0 Å². The van der Waals surface area contributed by atoms with Crippen molar-refractivity contribution < 1.29 is 28.5 Å². The van der Waals surface area contributed by atoms with Crippen molar-refractivity contribution in [3.63, 3.8) is 0 Å². The van der Waals surface area contributed by atoms with Crippen LogP contribution >= 0.6 is 0 Å². The van der Waals surface area contributed by atoms with Crippen molar-refractivity contribution in [2.75, 3.05) is 26.4 Å². The Labute approximate surface area is 138 Å². The lowest BCUT2D eigenvalue weighted by atomic mass is 10.0. The fourth-order valence-corrected chi connectivity index (χ4v) is 2.70. The van der Waals surface area contributed by atoms with Crippen molar-refractivity contribution in [3.05, 3.63) is 0 Å². The van der Waals surface area contributed by atoms with Crippen LogP contribution in [0.3, 0.4) is 0 Å². The lowest BCUT2D eigenvalue weighted by Crippen LogP contribution is -2.30. The number of rotatable bonds is 12. The van der Waals surface area contributed by atoms with Gasteiger partial charge in [0.25, 0.3) is 0 Å². The minimum absolute atomic E-state index is 0.149. The summed E-state index contributed by atoms with van der Waals surface area (Å²) in [5.74, 6) is -0.836. The smallest absolute Gasteiger partial charge is 0.305 e. The molecule has 23 heavy (non-hydrogen) atoms. The van der Waals surface area contributed by atoms with Gasteiger partial charge in [0.15, 0.2) is 5.79 Å². The first-order valence-corrected chi connectivity index (χ1v) is 8.71. The Morgan fingerprint density at radius 1 is 0.826 bits per heavy atom. The molecule has 0 radical (unpaired) electrons. The van der Waals surface area contributed by atoms with Crippen molar-refractivity contribution in [2.45, 2.75) is 71.0 Å². The van der Waals surface area contributed by atoms with E-state index in [1.54, 1.807) is 0 Å². The van der Waals surface area contributed by atoms with Gasteiger partial charge in [0.05, 0.1) is 26.4 Å². The van der Waals surface area contributed by atoms with Gasteiger partial charge in [0.1, 0.15) is 0 Å². The molecule has 1 rings (SSSR count). The zero-order valence-corrected chi connectivity index (χ0v) is 14.4. The molecule has 0 atom stereocenters. The van der Waals surface area contributed by atoms with E-state index in [0.29, 0.717) is 39.3 Å². The number of ether oxygens (including phenoxy) is 4. The molecule has 1 aliphatic heterocycles. The fraction of sp³-hybridized carbons (Fsp3) is 0.882. The van der Waals surface area contributed by atoms with E-state index >= 15 is 0 Å². The molecule has 0 N–H and O–H groups in total. The van der Waals surface area contributed by atoms with Crippen LogP contribution in [0.15, 0.2) is 0 Å². The molecule has 0 bridgehead atoms. The first-order valence-electron chi connectivity index (χ1n) is 8.71. The summed E-state index contributed by atoms with van der Waals surface area (Å²) in [6, 6.07) is 0. The van der Waals surface area contributed by atoms with Crippen LogP contribution in [-0.2, 0) is 28.5 Å². The molecule has 1 heterocycles. The molecule has 0 aromatic heterocycles. The molecule has 0 aliphatic carbocycles. The number of carbonyl (C=O) groups is 2. The predicted molar refractivity (Wildman–Crippen MR) is 84.8 cm³/mol. The highest BCUT2D eigenvalue weighted by Crippen LogP contribution is 2.31. The Morgan fingerprint density at radius 3 is 1.65 bits per heavy atom. The van der Waals surface area contributed by atoms with Gasteiger partial charge in [-0.05, 0) is 39.5 Å². The monoisotopic (exact) mass is 330 g/mol. The minimum Gasteiger partial charge on any atom is -0.466 e. The summed E-state index contributed by atoms with van der Waals surface area (Å²) < 4.78 is 21.4. The molecule has 6 heteroatoms. The minimum atomic E-state index is -0.538. The van der Waals surface area contributed by atoms with E-state index in [1.165, 1.54) is 0 Å². The van der Waals surface area contributed by atoms with Crippen LogP contribution in [0.5, 0.6) is 0 Å². The van der Waals surface area contributed by atoms with Crippen LogP contribution in [0.25, 0.3) is 0 Å². The van der Waals surface area contributed by atoms with Crippen molar-refractivity contribution >= 4 is 11.9 Å². The summed E-state index contributed by atoms with van der Waals surface area (Å²) in [6.07, 6.45) is 5.68. The fourth-order valence-electron chi connectivity index (χ4n) is 2.70. The van der Waals surface area contributed by atoms with Gasteiger partial charge in [-0.1, -0.05) is 0 Å². The van der Waals surface area contributed by atoms with Crippen molar-refractivity contribution in [1.82, 2.24) is 0 Å². The SMILES string of the molecule is CCOC(=O)CCCCC1(CCCCC(=O)OCC)OCCO1. The van der Waals surface area contributed by atoms with Crippen molar-refractivity contribution in [2.24, 2.45) is 0 Å². The van der Waals surface area contributed by atoms with Gasteiger partial charge >= 0.3 is 11.9 Å². The van der Waals surface area contributed by atoms with E-state index in [0.717, 1.165) is 38.5 Å². The molecule has 0 amide bonds. The first-order chi connectivity index (χ1) is 11.1. The molecule has 1 saturated heterocycles. The number of unbranched alkanes of at least 4 members (excludes halogenated alkanes) is 2. The van der Waals surface area contributed by atoms with Gasteiger partial charge in [-0.3, -0.25) is 9.59 Å². The number of esters is 2. The number of hydrogen-bond acceptors (Lipinski definition) is 6. The molecule has 0 spiro atoms. The third-order valence-electron chi connectivity index (χ3n) is 3.80. The Bertz CT molecular complexity index is 321. The number of hydrogen-bond donors (Lipinski definition) is 0. The Kier molecular flexibility index (Phi) is 9.87. The number of carbonyl (C=O) groups excluding carboxylic acids is 2. The van der Waals surface area contributed by atoms with Gasteiger partial charge < -0.3 is 18.9 Å². The molecule has 0 aromatic rings. The van der Waals surface area contributed by atoms with Gasteiger partial charge in [-0.2, -0.15) is 0 Å². The standard InChI is InChI=1S/C17H30O6/c1-3-20-15(18)9-5-7-11-17(22-13-14-23-17)12-8-6-10-16(19)21-4-2/h3-14H2,1-2H3. The van der Waals surface area contributed by atoms with E-state index in [4.69, 9.17) is 18.9 Å². The van der Waals surface area contributed by atoms with Crippen molar-refractivity contribution in [3.8, 4) is 0 Å². The van der Waals surface area contributed by atoms with E-state index < -0.39 is 5.79 Å². The summed E-state index contributed by atoms with van der Waals surface area (Å²) in [5, 5.41) is 0. The third-order valence-corrected chi connectivity index (χ3v) is 3.80. The average molecular weight is 330 g/mol. The van der Waals surface area contributed by atoms with Crippen LogP contribution in [0.1, 0.15) is 65.2 Å². The van der Waals surface area contributed by atoms with Gasteiger partial charge in [-0.25, -0.2) is 0 Å². The van der Waals surface area contributed by atoms with Gasteiger partial charge in [0.2, 0.25) is 0 Å². The Balaban J connectivity index is 2.21. The largest absolute Gasteiger partial charge is 0.466 e. The zero-order valence-electron chi connectivity index (χ0n) is 14.4. The molecular formula is C17H30O6. The lowest BCUT2D eigenvalue weighted by Gasteiger charge is -2.27. The molecule has 1 fully saturated rings. The molecule has 134 valence electrons. The maximum Gasteiger partial charge on any atom is 0.305 e. The first kappa shape index (κ1) is 19.9. The van der Waals surface area contributed by atoms with Crippen LogP contribution in [-0.4, -0.2) is 44.2 Å². The lowest BCUT2D eigenvalue weighted by molar-refractivity contribution is -0.169. The van der Waals surface area contributed by atoms with Crippen LogP contribution in [0.2, 0.25) is 0 Å². The maximum atomic E-state index is 11.3. The second kappa shape index (κ2) is 11.4. The highest BCUT2D eigenvalue weighted by atomic mass is 16.7. The predicted octanol–water partition coefficient (Wildman–Crippen LogP) is 2.98. The summed E-state index contributed by atoms with van der Waals surface area (Å²) in [4.78, 5) is 22.6. The van der Waals surface area contributed by atoms with Crippen LogP contribution in [0.4, 0.5) is 0 Å². The highest BCUT2D eigenvalue weighted by molar-refractivity contribution is 5.69. The quantitative estimate of drug-likeness (QED) is 0.405. The van der Waals surface area contributed by atoms with Gasteiger partial charge in [0, 0.05) is 25.7 Å². The summed E-state index contributed by atoms with van der Waals surface area (Å²) in [5.41, 5.74) is 0. The highest BCUT2D eigenvalue weighted by Gasteiger charge is 2.35. The van der Waals surface area contributed by atoms with Crippen LogP contribution in [0, 0.1) is 0 Å². The van der Waals surface area contributed by atoms with E-state index in [9.17, 15) is 9.59 Å². The molecule has 1 aliphatic rings. The summed E-state index contributed by atoms with van der Waals surface area (Å²) in [7, 11) is 0. The van der Waals surface area contributed by atoms with E-state index in [2.05, 4.69) is 0 Å². The molecule has 0 aromatic carbocycles. The topological polar surface area (TPSA) is 71.1 Å².